The van der Waals surface area contributed by atoms with Gasteiger partial charge in [-0.2, -0.15) is 5.10 Å². The molecule has 156 valence electrons. The van der Waals surface area contributed by atoms with Gasteiger partial charge in [0, 0.05) is 17.8 Å². The summed E-state index contributed by atoms with van der Waals surface area (Å²) in [7, 11) is -2.98. The van der Waals surface area contributed by atoms with Gasteiger partial charge in [0.05, 0.1) is 22.8 Å². The van der Waals surface area contributed by atoms with Crippen molar-refractivity contribution in [3.8, 4) is 16.9 Å². The van der Waals surface area contributed by atoms with Crippen molar-refractivity contribution < 1.29 is 13.2 Å². The summed E-state index contributed by atoms with van der Waals surface area (Å²) in [4.78, 5) is 13.2. The van der Waals surface area contributed by atoms with Crippen molar-refractivity contribution in [3.05, 3.63) is 71.4 Å². The predicted octanol–water partition coefficient (Wildman–Crippen LogP) is 3.46. The predicted molar refractivity (Wildman–Crippen MR) is 118 cm³/mol. The van der Waals surface area contributed by atoms with Gasteiger partial charge >= 0.3 is 0 Å². The molecule has 0 atom stereocenters. The van der Waals surface area contributed by atoms with Crippen LogP contribution in [0.4, 0.5) is 0 Å². The largest absolute Gasteiger partial charge is 0.349 e. The molecular weight excluding hydrogens is 398 g/mol. The van der Waals surface area contributed by atoms with E-state index in [4.69, 9.17) is 5.10 Å². The number of carbonyl (C=O) groups excluding carboxylic acids is 1. The molecule has 0 bridgehead atoms. The van der Waals surface area contributed by atoms with Crippen molar-refractivity contribution in [1.29, 1.82) is 0 Å². The first-order chi connectivity index (χ1) is 14.3. The fourth-order valence-corrected chi connectivity index (χ4v) is 5.32. The first-order valence-electron chi connectivity index (χ1n) is 10.1. The SMILES string of the molecule is Cc1ccc(-c2nn(-c3ccccc3)cc2C(=O)NC2CCS(=O)(=O)CC2)c(C)c1. The number of sulfone groups is 1. The van der Waals surface area contributed by atoms with Crippen molar-refractivity contribution in [2.24, 2.45) is 0 Å². The van der Waals surface area contributed by atoms with Crippen LogP contribution in [-0.4, -0.2) is 41.7 Å². The lowest BCUT2D eigenvalue weighted by Gasteiger charge is -2.23. The number of rotatable bonds is 4. The lowest BCUT2D eigenvalue weighted by Crippen LogP contribution is -2.40. The molecule has 2 aromatic carbocycles. The van der Waals surface area contributed by atoms with Crippen LogP contribution < -0.4 is 5.32 Å². The fourth-order valence-electron chi connectivity index (χ4n) is 3.83. The van der Waals surface area contributed by atoms with Gasteiger partial charge in [-0.25, -0.2) is 13.1 Å². The van der Waals surface area contributed by atoms with E-state index >= 15 is 0 Å². The van der Waals surface area contributed by atoms with Crippen LogP contribution in [0.15, 0.2) is 54.7 Å². The number of hydrogen-bond acceptors (Lipinski definition) is 4. The number of hydrogen-bond donors (Lipinski definition) is 1. The number of para-hydroxylation sites is 1. The fraction of sp³-hybridized carbons (Fsp3) is 0.304. The van der Waals surface area contributed by atoms with Gasteiger partial charge in [0.25, 0.3) is 5.91 Å². The van der Waals surface area contributed by atoms with Crippen LogP contribution >= 0.6 is 0 Å². The monoisotopic (exact) mass is 423 g/mol. The number of nitrogens with zero attached hydrogens (tertiary/aromatic N) is 2. The van der Waals surface area contributed by atoms with E-state index < -0.39 is 9.84 Å². The molecule has 30 heavy (non-hydrogen) atoms. The van der Waals surface area contributed by atoms with Crippen LogP contribution in [0.5, 0.6) is 0 Å². The zero-order chi connectivity index (χ0) is 21.3. The van der Waals surface area contributed by atoms with Gasteiger partial charge in [-0.1, -0.05) is 42.0 Å². The topological polar surface area (TPSA) is 81.1 Å². The molecule has 0 spiro atoms. The molecule has 0 unspecified atom stereocenters. The van der Waals surface area contributed by atoms with E-state index in [0.29, 0.717) is 24.1 Å². The van der Waals surface area contributed by atoms with Crippen LogP contribution in [0, 0.1) is 13.8 Å². The standard InChI is InChI=1S/C23H25N3O3S/c1-16-8-9-20(17(2)14-16)22-21(15-26(25-22)19-6-4-3-5-7-19)23(27)24-18-10-12-30(28,29)13-11-18/h3-9,14-15,18H,10-13H2,1-2H3,(H,24,27). The quantitative estimate of drug-likeness (QED) is 0.697. The third-order valence-corrected chi connectivity index (χ3v) is 7.22. The van der Waals surface area contributed by atoms with E-state index in [1.807, 2.05) is 56.3 Å². The maximum Gasteiger partial charge on any atom is 0.255 e. The second-order valence-electron chi connectivity index (χ2n) is 7.89. The summed E-state index contributed by atoms with van der Waals surface area (Å²) in [5.74, 6) is 0.00694. The van der Waals surface area contributed by atoms with E-state index in [-0.39, 0.29) is 23.5 Å². The van der Waals surface area contributed by atoms with Crippen molar-refractivity contribution in [1.82, 2.24) is 15.1 Å². The maximum atomic E-state index is 13.2. The molecule has 1 aromatic heterocycles. The molecule has 1 saturated heterocycles. The molecule has 0 saturated carbocycles. The lowest BCUT2D eigenvalue weighted by atomic mass is 10.00. The number of nitrogens with one attached hydrogen (secondary N) is 1. The van der Waals surface area contributed by atoms with Crippen LogP contribution in [0.25, 0.3) is 16.9 Å². The molecule has 3 aromatic rings. The number of aromatic nitrogens is 2. The Morgan fingerprint density at radius 3 is 2.43 bits per heavy atom. The minimum atomic E-state index is -2.98. The van der Waals surface area contributed by atoms with Gasteiger partial charge in [-0.3, -0.25) is 4.79 Å². The molecule has 6 nitrogen and oxygen atoms in total. The Labute approximate surface area is 176 Å². The Kier molecular flexibility index (Phi) is 5.47. The van der Waals surface area contributed by atoms with Crippen molar-refractivity contribution in [3.63, 3.8) is 0 Å². The van der Waals surface area contributed by atoms with Crippen LogP contribution in [0.1, 0.15) is 34.3 Å². The molecular formula is C23H25N3O3S. The zero-order valence-corrected chi connectivity index (χ0v) is 17.9. The summed E-state index contributed by atoms with van der Waals surface area (Å²) in [5.41, 5.74) is 5.08. The summed E-state index contributed by atoms with van der Waals surface area (Å²) in [6, 6.07) is 15.6. The molecule has 2 heterocycles. The molecule has 1 aliphatic rings. The summed E-state index contributed by atoms with van der Waals surface area (Å²) < 4.78 is 25.1. The lowest BCUT2D eigenvalue weighted by molar-refractivity contribution is 0.0935. The summed E-state index contributed by atoms with van der Waals surface area (Å²) in [6.45, 7) is 4.04. The number of amides is 1. The highest BCUT2D eigenvalue weighted by Gasteiger charge is 2.27. The molecule has 0 aliphatic carbocycles. The van der Waals surface area contributed by atoms with Gasteiger partial charge in [0.2, 0.25) is 0 Å². The minimum Gasteiger partial charge on any atom is -0.349 e. The van der Waals surface area contributed by atoms with Crippen molar-refractivity contribution >= 4 is 15.7 Å². The van der Waals surface area contributed by atoms with Crippen molar-refractivity contribution in [2.75, 3.05) is 11.5 Å². The van der Waals surface area contributed by atoms with Gasteiger partial charge in [0.15, 0.2) is 0 Å². The molecule has 1 fully saturated rings. The van der Waals surface area contributed by atoms with Gasteiger partial charge in [-0.05, 0) is 44.4 Å². The maximum absolute atomic E-state index is 13.2. The zero-order valence-electron chi connectivity index (χ0n) is 17.1. The summed E-state index contributed by atoms with van der Waals surface area (Å²) in [5, 5.41) is 7.76. The van der Waals surface area contributed by atoms with Crippen LogP contribution in [-0.2, 0) is 9.84 Å². The van der Waals surface area contributed by atoms with Crippen LogP contribution in [0.2, 0.25) is 0 Å². The summed E-state index contributed by atoms with van der Waals surface area (Å²) >= 11 is 0. The van der Waals surface area contributed by atoms with E-state index in [1.165, 1.54) is 0 Å². The second kappa shape index (κ2) is 8.07. The number of benzene rings is 2. The summed E-state index contributed by atoms with van der Waals surface area (Å²) in [6.07, 6.45) is 2.64. The highest BCUT2D eigenvalue weighted by Crippen LogP contribution is 2.28. The molecule has 0 radical (unpaired) electrons. The van der Waals surface area contributed by atoms with E-state index in [2.05, 4.69) is 11.4 Å². The Balaban J connectivity index is 1.70. The molecule has 1 amide bonds. The highest BCUT2D eigenvalue weighted by atomic mass is 32.2. The Morgan fingerprint density at radius 2 is 1.77 bits per heavy atom. The Hall–Kier alpha value is -2.93. The van der Waals surface area contributed by atoms with E-state index in [1.54, 1.807) is 10.9 Å². The van der Waals surface area contributed by atoms with E-state index in [9.17, 15) is 13.2 Å². The average Bonchev–Trinajstić information content (AvgIpc) is 3.15. The third kappa shape index (κ3) is 4.31. The van der Waals surface area contributed by atoms with Crippen LogP contribution in [0.3, 0.4) is 0 Å². The Morgan fingerprint density at radius 1 is 1.07 bits per heavy atom. The van der Waals surface area contributed by atoms with Crippen molar-refractivity contribution in [2.45, 2.75) is 32.7 Å². The minimum absolute atomic E-state index is 0.116. The van der Waals surface area contributed by atoms with E-state index in [0.717, 1.165) is 22.4 Å². The molecule has 1 aliphatic heterocycles. The number of aryl methyl sites for hydroxylation is 2. The van der Waals surface area contributed by atoms with Gasteiger partial charge in [0.1, 0.15) is 15.5 Å². The third-order valence-electron chi connectivity index (χ3n) is 5.51. The molecule has 7 heteroatoms. The smallest absolute Gasteiger partial charge is 0.255 e. The normalized spacial score (nSPS) is 16.3. The van der Waals surface area contributed by atoms with Gasteiger partial charge < -0.3 is 5.32 Å². The first kappa shape index (κ1) is 20.3. The number of carbonyl (C=O) groups is 1. The second-order valence-corrected chi connectivity index (χ2v) is 10.2. The van der Waals surface area contributed by atoms with Gasteiger partial charge in [-0.15, -0.1) is 0 Å². The average molecular weight is 424 g/mol. The highest BCUT2D eigenvalue weighted by molar-refractivity contribution is 7.91. The molecule has 4 rings (SSSR count). The first-order valence-corrected chi connectivity index (χ1v) is 11.9. The Bertz CT molecular complexity index is 1170. The molecule has 1 N–H and O–H groups in total.